The van der Waals surface area contributed by atoms with Gasteiger partial charge in [-0.3, -0.25) is 4.99 Å². The summed E-state index contributed by atoms with van der Waals surface area (Å²) < 4.78 is 28.4. The van der Waals surface area contributed by atoms with E-state index in [4.69, 9.17) is 4.74 Å². The molecule has 2 N–H and O–H groups in total. The molecule has 1 aromatic carbocycles. The van der Waals surface area contributed by atoms with Gasteiger partial charge in [0, 0.05) is 31.3 Å². The average molecular weight is 396 g/mol. The predicted molar refractivity (Wildman–Crippen MR) is 111 cm³/mol. The quantitative estimate of drug-likeness (QED) is 0.470. The molecule has 152 valence electrons. The molecule has 6 nitrogen and oxygen atoms in total. The molecule has 7 heteroatoms. The lowest BCUT2D eigenvalue weighted by molar-refractivity contribution is 0.414. The van der Waals surface area contributed by atoms with Crippen LogP contribution in [0.3, 0.4) is 0 Å². The Balaban J connectivity index is 1.84. The van der Waals surface area contributed by atoms with Crippen LogP contribution in [0.5, 0.6) is 5.75 Å². The Hall–Kier alpha value is -1.76. The Morgan fingerprint density at radius 3 is 2.44 bits per heavy atom. The van der Waals surface area contributed by atoms with E-state index in [2.05, 4.69) is 34.7 Å². The SMILES string of the molecule is CCNC(=NCC1(CS(C)(=O)=O)CC1)NCCC(C)c1ccc(OC)cc1. The maximum Gasteiger partial charge on any atom is 0.191 e. The molecule has 1 atom stereocenters. The molecule has 27 heavy (non-hydrogen) atoms. The molecule has 0 radical (unpaired) electrons. The van der Waals surface area contributed by atoms with Crippen molar-refractivity contribution in [3.05, 3.63) is 29.8 Å². The van der Waals surface area contributed by atoms with Crippen LogP contribution in [-0.2, 0) is 9.84 Å². The molecule has 0 aliphatic heterocycles. The highest BCUT2D eigenvalue weighted by atomic mass is 32.2. The van der Waals surface area contributed by atoms with Crippen LogP contribution < -0.4 is 15.4 Å². The summed E-state index contributed by atoms with van der Waals surface area (Å²) in [5, 5.41) is 6.62. The van der Waals surface area contributed by atoms with Crippen molar-refractivity contribution in [1.82, 2.24) is 10.6 Å². The van der Waals surface area contributed by atoms with Gasteiger partial charge in [0.05, 0.1) is 12.9 Å². The topological polar surface area (TPSA) is 79.8 Å². The van der Waals surface area contributed by atoms with Gasteiger partial charge in [0.2, 0.25) is 0 Å². The predicted octanol–water partition coefficient (Wildman–Crippen LogP) is 2.57. The summed E-state index contributed by atoms with van der Waals surface area (Å²) in [5.74, 6) is 2.29. The highest BCUT2D eigenvalue weighted by Gasteiger charge is 2.45. The molecule has 0 amide bonds. The van der Waals surface area contributed by atoms with Gasteiger partial charge in [0.25, 0.3) is 0 Å². The molecule has 0 bridgehead atoms. The van der Waals surface area contributed by atoms with Gasteiger partial charge in [0.1, 0.15) is 15.6 Å². The molecular weight excluding hydrogens is 362 g/mol. The highest BCUT2D eigenvalue weighted by Crippen LogP contribution is 2.46. The first-order valence-electron chi connectivity index (χ1n) is 9.61. The fourth-order valence-corrected chi connectivity index (χ4v) is 4.67. The minimum Gasteiger partial charge on any atom is -0.497 e. The summed E-state index contributed by atoms with van der Waals surface area (Å²) >= 11 is 0. The molecule has 1 unspecified atom stereocenters. The van der Waals surface area contributed by atoms with Crippen molar-refractivity contribution in [3.63, 3.8) is 0 Å². The third-order valence-corrected chi connectivity index (χ3v) is 6.13. The fraction of sp³-hybridized carbons (Fsp3) is 0.650. The van der Waals surface area contributed by atoms with Crippen molar-refractivity contribution < 1.29 is 13.2 Å². The molecule has 1 saturated carbocycles. The highest BCUT2D eigenvalue weighted by molar-refractivity contribution is 7.90. The van der Waals surface area contributed by atoms with Crippen molar-refractivity contribution in [1.29, 1.82) is 0 Å². The second kappa shape index (κ2) is 9.44. The third-order valence-electron chi connectivity index (χ3n) is 5.00. The molecule has 1 fully saturated rings. The zero-order valence-corrected chi connectivity index (χ0v) is 17.7. The van der Waals surface area contributed by atoms with Crippen LogP contribution in [0.4, 0.5) is 0 Å². The van der Waals surface area contributed by atoms with Crippen molar-refractivity contribution in [3.8, 4) is 5.75 Å². The number of methoxy groups -OCH3 is 1. The van der Waals surface area contributed by atoms with Crippen LogP contribution in [0.25, 0.3) is 0 Å². The number of benzene rings is 1. The van der Waals surface area contributed by atoms with Gasteiger partial charge in [-0.15, -0.1) is 0 Å². The van der Waals surface area contributed by atoms with Crippen LogP contribution in [-0.4, -0.2) is 53.1 Å². The van der Waals surface area contributed by atoms with Crippen molar-refractivity contribution >= 4 is 15.8 Å². The van der Waals surface area contributed by atoms with Crippen molar-refractivity contribution in [2.45, 2.75) is 39.0 Å². The first-order valence-corrected chi connectivity index (χ1v) is 11.7. The summed E-state index contributed by atoms with van der Waals surface area (Å²) in [6.45, 7) is 6.37. The third kappa shape index (κ3) is 7.40. The standard InChI is InChI=1S/C20H33N3O3S/c1-5-21-19(23-14-20(11-12-20)15-27(4,24)25)22-13-10-16(2)17-6-8-18(26-3)9-7-17/h6-9,16H,5,10-15H2,1-4H3,(H2,21,22,23). The fourth-order valence-electron chi connectivity index (χ4n) is 3.18. The minimum atomic E-state index is -2.96. The molecular formula is C20H33N3O3S. The number of nitrogens with zero attached hydrogens (tertiary/aromatic N) is 1. The Morgan fingerprint density at radius 1 is 1.26 bits per heavy atom. The Labute approximate surface area is 163 Å². The van der Waals surface area contributed by atoms with Gasteiger partial charge < -0.3 is 15.4 Å². The van der Waals surface area contributed by atoms with E-state index >= 15 is 0 Å². The van der Waals surface area contributed by atoms with Crippen molar-refractivity contribution in [2.24, 2.45) is 10.4 Å². The number of rotatable bonds is 10. The van der Waals surface area contributed by atoms with Gasteiger partial charge in [-0.2, -0.15) is 0 Å². The molecule has 1 aliphatic rings. The molecule has 1 aromatic rings. The molecule has 0 aromatic heterocycles. The number of hydrogen-bond donors (Lipinski definition) is 2. The van der Waals surface area contributed by atoms with E-state index in [9.17, 15) is 8.42 Å². The van der Waals surface area contributed by atoms with E-state index in [1.807, 2.05) is 19.1 Å². The Morgan fingerprint density at radius 2 is 1.93 bits per heavy atom. The van der Waals surface area contributed by atoms with Gasteiger partial charge in [-0.25, -0.2) is 8.42 Å². The van der Waals surface area contributed by atoms with E-state index in [1.165, 1.54) is 11.8 Å². The smallest absolute Gasteiger partial charge is 0.191 e. The number of sulfone groups is 1. The number of ether oxygens (including phenoxy) is 1. The maximum atomic E-state index is 11.6. The van der Waals surface area contributed by atoms with Gasteiger partial charge in [-0.1, -0.05) is 19.1 Å². The largest absolute Gasteiger partial charge is 0.497 e. The van der Waals surface area contributed by atoms with Gasteiger partial charge in [0.15, 0.2) is 5.96 Å². The monoisotopic (exact) mass is 395 g/mol. The number of aliphatic imine (C=N–C) groups is 1. The first-order chi connectivity index (χ1) is 12.8. The minimum absolute atomic E-state index is 0.147. The zero-order valence-electron chi connectivity index (χ0n) is 16.9. The van der Waals surface area contributed by atoms with E-state index in [1.54, 1.807) is 7.11 Å². The van der Waals surface area contributed by atoms with Crippen LogP contribution in [0.1, 0.15) is 44.6 Å². The Bertz CT molecular complexity index is 725. The molecule has 2 rings (SSSR count). The Kier molecular flexibility index (Phi) is 7.53. The van der Waals surface area contributed by atoms with E-state index in [0.717, 1.165) is 44.1 Å². The average Bonchev–Trinajstić information content (AvgIpc) is 3.37. The van der Waals surface area contributed by atoms with Gasteiger partial charge >= 0.3 is 0 Å². The molecule has 0 spiro atoms. The number of guanidine groups is 1. The summed E-state index contributed by atoms with van der Waals surface area (Å²) in [6.07, 6.45) is 4.17. The lowest BCUT2D eigenvalue weighted by atomic mass is 9.98. The second-order valence-corrected chi connectivity index (χ2v) is 9.80. The van der Waals surface area contributed by atoms with E-state index < -0.39 is 9.84 Å². The van der Waals surface area contributed by atoms with Crippen LogP contribution in [0.15, 0.2) is 29.3 Å². The van der Waals surface area contributed by atoms with Crippen LogP contribution >= 0.6 is 0 Å². The van der Waals surface area contributed by atoms with Crippen LogP contribution in [0.2, 0.25) is 0 Å². The molecule has 0 saturated heterocycles. The number of hydrogen-bond acceptors (Lipinski definition) is 4. The molecule has 0 heterocycles. The van der Waals surface area contributed by atoms with Gasteiger partial charge in [-0.05, 0) is 49.8 Å². The lowest BCUT2D eigenvalue weighted by Crippen LogP contribution is -2.38. The summed E-state index contributed by atoms with van der Waals surface area (Å²) in [5.41, 5.74) is 1.14. The second-order valence-electron chi connectivity index (χ2n) is 7.65. The molecule has 1 aliphatic carbocycles. The van der Waals surface area contributed by atoms with E-state index in [0.29, 0.717) is 12.5 Å². The van der Waals surface area contributed by atoms with Crippen molar-refractivity contribution in [2.75, 3.05) is 38.8 Å². The van der Waals surface area contributed by atoms with Crippen LogP contribution in [0, 0.1) is 5.41 Å². The maximum absolute atomic E-state index is 11.6. The summed E-state index contributed by atoms with van der Waals surface area (Å²) in [4.78, 5) is 4.64. The lowest BCUT2D eigenvalue weighted by Gasteiger charge is -2.17. The summed E-state index contributed by atoms with van der Waals surface area (Å²) in [6, 6.07) is 8.18. The van der Waals surface area contributed by atoms with E-state index in [-0.39, 0.29) is 11.2 Å². The number of nitrogens with one attached hydrogen (secondary N) is 2. The first kappa shape index (κ1) is 21.5. The summed E-state index contributed by atoms with van der Waals surface area (Å²) in [7, 11) is -1.29. The zero-order chi connectivity index (χ0) is 19.9. The normalized spacial score (nSPS) is 17.3.